The zero-order valence-electron chi connectivity index (χ0n) is 17.9. The van der Waals surface area contributed by atoms with Crippen molar-refractivity contribution in [3.63, 3.8) is 0 Å². The van der Waals surface area contributed by atoms with Crippen molar-refractivity contribution in [2.24, 2.45) is 0 Å². The number of hydrogen-bond acceptors (Lipinski definition) is 3. The van der Waals surface area contributed by atoms with Crippen LogP contribution in [0.3, 0.4) is 0 Å². The zero-order chi connectivity index (χ0) is 22.1. The van der Waals surface area contributed by atoms with Gasteiger partial charge in [0.1, 0.15) is 11.6 Å². The predicted molar refractivity (Wildman–Crippen MR) is 124 cm³/mol. The van der Waals surface area contributed by atoms with Crippen LogP contribution in [0.4, 0.5) is 4.39 Å². The molecule has 2 N–H and O–H groups in total. The summed E-state index contributed by atoms with van der Waals surface area (Å²) in [5, 5.41) is 6.59. The van der Waals surface area contributed by atoms with Crippen LogP contribution in [0.5, 0.6) is 5.75 Å². The third-order valence-electron chi connectivity index (χ3n) is 5.59. The molecule has 5 nitrogen and oxygen atoms in total. The normalized spacial score (nSPS) is 14.0. The fraction of sp³-hybridized carbons (Fsp3) is 0.417. The first-order chi connectivity index (χ1) is 15.0. The minimum atomic E-state index is -0.248. The van der Waals surface area contributed by atoms with Crippen LogP contribution in [0.1, 0.15) is 43.2 Å². The highest BCUT2D eigenvalue weighted by molar-refractivity contribution is 7.80. The number of benzene rings is 2. The number of rotatable bonds is 8. The SMILES string of the molecule is COc1ccc(CNC(=O)CNC(=S)N(Cc2ccc(F)cc2)C2CCCCC2)cc1. The Balaban J connectivity index is 1.53. The molecule has 1 aliphatic carbocycles. The summed E-state index contributed by atoms with van der Waals surface area (Å²) in [6.45, 7) is 1.16. The lowest BCUT2D eigenvalue weighted by Crippen LogP contribution is -2.48. The Hall–Kier alpha value is -2.67. The fourth-order valence-electron chi connectivity index (χ4n) is 3.81. The zero-order valence-corrected chi connectivity index (χ0v) is 18.7. The Bertz CT molecular complexity index is 852. The van der Waals surface area contributed by atoms with E-state index in [0.717, 1.165) is 29.7 Å². The van der Waals surface area contributed by atoms with Crippen molar-refractivity contribution in [2.45, 2.75) is 51.2 Å². The number of nitrogens with one attached hydrogen (secondary N) is 2. The molecule has 31 heavy (non-hydrogen) atoms. The Morgan fingerprint density at radius 2 is 1.68 bits per heavy atom. The number of methoxy groups -OCH3 is 1. The van der Waals surface area contributed by atoms with E-state index in [1.54, 1.807) is 19.2 Å². The predicted octanol–water partition coefficient (Wildman–Crippen LogP) is 4.16. The van der Waals surface area contributed by atoms with E-state index in [4.69, 9.17) is 17.0 Å². The van der Waals surface area contributed by atoms with Gasteiger partial charge in [0, 0.05) is 19.1 Å². The van der Waals surface area contributed by atoms with E-state index in [1.807, 2.05) is 24.3 Å². The molecule has 2 aromatic rings. The van der Waals surface area contributed by atoms with Crippen LogP contribution in [-0.2, 0) is 17.9 Å². The molecule has 0 aliphatic heterocycles. The Kier molecular flexibility index (Phi) is 8.64. The first-order valence-corrected chi connectivity index (χ1v) is 11.1. The van der Waals surface area contributed by atoms with E-state index in [1.165, 1.54) is 31.4 Å². The summed E-state index contributed by atoms with van der Waals surface area (Å²) in [4.78, 5) is 14.5. The minimum absolute atomic E-state index is 0.113. The van der Waals surface area contributed by atoms with Crippen LogP contribution in [0.25, 0.3) is 0 Å². The number of thiocarbonyl (C=S) groups is 1. The van der Waals surface area contributed by atoms with Gasteiger partial charge in [0.25, 0.3) is 0 Å². The lowest BCUT2D eigenvalue weighted by atomic mass is 9.94. The van der Waals surface area contributed by atoms with E-state index < -0.39 is 0 Å². The topological polar surface area (TPSA) is 53.6 Å². The molecule has 0 unspecified atom stereocenters. The smallest absolute Gasteiger partial charge is 0.239 e. The maximum atomic E-state index is 13.3. The quantitative estimate of drug-likeness (QED) is 0.600. The molecular weight excluding hydrogens is 413 g/mol. The standard InChI is InChI=1S/C24H30FN3O2S/c1-30-22-13-9-18(10-14-22)15-26-23(29)16-27-24(31)28(21-5-3-2-4-6-21)17-19-7-11-20(25)12-8-19/h7-14,21H,2-6,15-17H2,1H3,(H,26,29)(H,27,31). The number of carbonyl (C=O) groups excluding carboxylic acids is 1. The lowest BCUT2D eigenvalue weighted by molar-refractivity contribution is -0.120. The lowest BCUT2D eigenvalue weighted by Gasteiger charge is -2.36. The number of ether oxygens (including phenoxy) is 1. The van der Waals surface area contributed by atoms with Crippen molar-refractivity contribution in [3.05, 3.63) is 65.5 Å². The summed E-state index contributed by atoms with van der Waals surface area (Å²) in [5.74, 6) is 0.414. The summed E-state index contributed by atoms with van der Waals surface area (Å²) in [6.07, 6.45) is 5.75. The average Bonchev–Trinajstić information content (AvgIpc) is 2.81. The van der Waals surface area contributed by atoms with Crippen LogP contribution in [0.15, 0.2) is 48.5 Å². The summed E-state index contributed by atoms with van der Waals surface area (Å²) in [5.41, 5.74) is 2.00. The van der Waals surface area contributed by atoms with E-state index in [9.17, 15) is 9.18 Å². The number of amides is 1. The van der Waals surface area contributed by atoms with E-state index >= 15 is 0 Å². The van der Waals surface area contributed by atoms with Gasteiger partial charge >= 0.3 is 0 Å². The first kappa shape index (κ1) is 23.0. The van der Waals surface area contributed by atoms with E-state index in [2.05, 4.69) is 15.5 Å². The van der Waals surface area contributed by atoms with Gasteiger partial charge in [-0.3, -0.25) is 4.79 Å². The highest BCUT2D eigenvalue weighted by Gasteiger charge is 2.23. The summed E-state index contributed by atoms with van der Waals surface area (Å²) in [7, 11) is 1.62. The molecule has 0 spiro atoms. The highest BCUT2D eigenvalue weighted by atomic mass is 32.1. The van der Waals surface area contributed by atoms with E-state index in [-0.39, 0.29) is 18.3 Å². The van der Waals surface area contributed by atoms with Crippen LogP contribution >= 0.6 is 12.2 Å². The van der Waals surface area contributed by atoms with E-state index in [0.29, 0.717) is 24.2 Å². The van der Waals surface area contributed by atoms with Gasteiger partial charge in [-0.05, 0) is 60.5 Å². The molecule has 166 valence electrons. The molecule has 1 saturated carbocycles. The van der Waals surface area contributed by atoms with Gasteiger partial charge in [0.2, 0.25) is 5.91 Å². The third-order valence-corrected chi connectivity index (χ3v) is 5.97. The summed E-state index contributed by atoms with van der Waals surface area (Å²) >= 11 is 5.65. The molecule has 1 amide bonds. The second-order valence-electron chi connectivity index (χ2n) is 7.83. The molecule has 0 atom stereocenters. The summed E-state index contributed by atoms with van der Waals surface area (Å²) in [6, 6.07) is 14.4. The van der Waals surface area contributed by atoms with Crippen molar-refractivity contribution in [1.29, 1.82) is 0 Å². The molecule has 3 rings (SSSR count). The number of nitrogens with zero attached hydrogens (tertiary/aromatic N) is 1. The van der Waals surface area contributed by atoms with Crippen LogP contribution in [0, 0.1) is 5.82 Å². The third kappa shape index (κ3) is 7.21. The molecule has 1 fully saturated rings. The van der Waals surface area contributed by atoms with Crippen molar-refractivity contribution in [1.82, 2.24) is 15.5 Å². The molecule has 7 heteroatoms. The number of carbonyl (C=O) groups is 1. The fourth-order valence-corrected chi connectivity index (χ4v) is 4.10. The molecule has 0 heterocycles. The average molecular weight is 444 g/mol. The van der Waals surface area contributed by atoms with Crippen LogP contribution in [0.2, 0.25) is 0 Å². The molecule has 0 saturated heterocycles. The largest absolute Gasteiger partial charge is 0.497 e. The van der Waals surface area contributed by atoms with Gasteiger partial charge in [0.05, 0.1) is 13.7 Å². The Labute approximate surface area is 189 Å². The molecule has 0 radical (unpaired) electrons. The Morgan fingerprint density at radius 1 is 1.03 bits per heavy atom. The van der Waals surface area contributed by atoms with Gasteiger partial charge in [0.15, 0.2) is 5.11 Å². The second kappa shape index (κ2) is 11.6. The van der Waals surface area contributed by atoms with Gasteiger partial charge in [-0.15, -0.1) is 0 Å². The van der Waals surface area contributed by atoms with Gasteiger partial charge < -0.3 is 20.3 Å². The minimum Gasteiger partial charge on any atom is -0.497 e. The van der Waals surface area contributed by atoms with Crippen molar-refractivity contribution < 1.29 is 13.9 Å². The highest BCUT2D eigenvalue weighted by Crippen LogP contribution is 2.24. The number of hydrogen-bond donors (Lipinski definition) is 2. The number of halogens is 1. The van der Waals surface area contributed by atoms with Crippen molar-refractivity contribution in [3.8, 4) is 5.75 Å². The maximum Gasteiger partial charge on any atom is 0.239 e. The van der Waals surface area contributed by atoms with Crippen molar-refractivity contribution in [2.75, 3.05) is 13.7 Å². The maximum absolute atomic E-state index is 13.3. The molecule has 0 aromatic heterocycles. The van der Waals surface area contributed by atoms with Gasteiger partial charge in [-0.1, -0.05) is 43.5 Å². The second-order valence-corrected chi connectivity index (χ2v) is 8.22. The van der Waals surface area contributed by atoms with Crippen molar-refractivity contribution >= 4 is 23.2 Å². The first-order valence-electron chi connectivity index (χ1n) is 10.7. The molecule has 0 bridgehead atoms. The molecule has 1 aliphatic rings. The van der Waals surface area contributed by atoms with Crippen LogP contribution < -0.4 is 15.4 Å². The monoisotopic (exact) mass is 443 g/mol. The van der Waals surface area contributed by atoms with Crippen LogP contribution in [-0.4, -0.2) is 35.6 Å². The Morgan fingerprint density at radius 3 is 2.32 bits per heavy atom. The summed E-state index contributed by atoms with van der Waals surface area (Å²) < 4.78 is 18.4. The molecular formula is C24H30FN3O2S. The van der Waals surface area contributed by atoms with Gasteiger partial charge in [-0.25, -0.2) is 4.39 Å². The van der Waals surface area contributed by atoms with Gasteiger partial charge in [-0.2, -0.15) is 0 Å². The molecule has 2 aromatic carbocycles.